The van der Waals surface area contributed by atoms with Crippen LogP contribution in [0.1, 0.15) is 23.7 Å². The van der Waals surface area contributed by atoms with Crippen molar-refractivity contribution in [3.05, 3.63) is 95.0 Å². The Kier molecular flexibility index (Phi) is 6.81. The Morgan fingerprint density at radius 1 is 0.941 bits per heavy atom. The number of amides is 1. The first-order valence-electron chi connectivity index (χ1n) is 10.6. The summed E-state index contributed by atoms with van der Waals surface area (Å²) in [5, 5.41) is 2.43. The van der Waals surface area contributed by atoms with Crippen molar-refractivity contribution < 1.29 is 17.9 Å². The number of aryl methyl sites for hydroxylation is 1. The van der Waals surface area contributed by atoms with Crippen molar-refractivity contribution in [1.82, 2.24) is 4.98 Å². The zero-order valence-electron chi connectivity index (χ0n) is 19.1. The van der Waals surface area contributed by atoms with Gasteiger partial charge in [0.25, 0.3) is 0 Å². The number of carbonyl (C=O) groups excluding carboxylic acids is 1. The zero-order chi connectivity index (χ0) is 24.3. The molecule has 34 heavy (non-hydrogen) atoms. The standard InChI is InChI=1S/C26H24N2O4S2/c1-18-8-7-11-25(19(18)2)28(20(3)29)26-27-21(17-33-26)16-32-22-12-14-24(15-13-22)34(30,31)23-9-5-4-6-10-23/h4-15,17H,16H2,1-3H3. The molecule has 0 radical (unpaired) electrons. The van der Waals surface area contributed by atoms with Crippen molar-refractivity contribution in [2.24, 2.45) is 0 Å². The van der Waals surface area contributed by atoms with Gasteiger partial charge in [-0.05, 0) is 67.4 Å². The average molecular weight is 493 g/mol. The fraction of sp³-hybridized carbons (Fsp3) is 0.154. The number of hydrogen-bond acceptors (Lipinski definition) is 6. The normalized spacial score (nSPS) is 11.3. The summed E-state index contributed by atoms with van der Waals surface area (Å²) in [6.45, 7) is 5.71. The van der Waals surface area contributed by atoms with Crippen LogP contribution < -0.4 is 9.64 Å². The Morgan fingerprint density at radius 3 is 2.29 bits per heavy atom. The molecule has 0 fully saturated rings. The minimum atomic E-state index is -3.57. The van der Waals surface area contributed by atoms with Crippen LogP contribution in [0.5, 0.6) is 5.75 Å². The van der Waals surface area contributed by atoms with Crippen LogP contribution in [-0.2, 0) is 21.2 Å². The summed E-state index contributed by atoms with van der Waals surface area (Å²) in [5.74, 6) is 0.408. The van der Waals surface area contributed by atoms with Gasteiger partial charge in [-0.15, -0.1) is 11.3 Å². The summed E-state index contributed by atoms with van der Waals surface area (Å²) in [6, 6.07) is 20.5. The number of rotatable bonds is 7. The van der Waals surface area contributed by atoms with E-state index in [1.165, 1.54) is 30.4 Å². The Balaban J connectivity index is 1.48. The van der Waals surface area contributed by atoms with Crippen molar-refractivity contribution in [2.45, 2.75) is 37.2 Å². The summed E-state index contributed by atoms with van der Waals surface area (Å²) in [7, 11) is -3.57. The second kappa shape index (κ2) is 9.79. The summed E-state index contributed by atoms with van der Waals surface area (Å²) >= 11 is 1.37. The lowest BCUT2D eigenvalue weighted by molar-refractivity contribution is -0.115. The van der Waals surface area contributed by atoms with E-state index < -0.39 is 9.84 Å². The lowest BCUT2D eigenvalue weighted by Crippen LogP contribution is -2.23. The molecule has 0 bridgehead atoms. The number of ether oxygens (including phenoxy) is 1. The van der Waals surface area contributed by atoms with E-state index in [9.17, 15) is 13.2 Å². The lowest BCUT2D eigenvalue weighted by atomic mass is 10.1. The Hall–Kier alpha value is -3.49. The molecule has 0 aliphatic rings. The summed E-state index contributed by atoms with van der Waals surface area (Å²) in [5.41, 5.74) is 3.61. The fourth-order valence-electron chi connectivity index (χ4n) is 3.46. The van der Waals surface area contributed by atoms with Crippen LogP contribution >= 0.6 is 11.3 Å². The molecule has 0 unspecified atom stereocenters. The van der Waals surface area contributed by atoms with E-state index in [0.29, 0.717) is 16.6 Å². The van der Waals surface area contributed by atoms with Crippen molar-refractivity contribution in [3.8, 4) is 5.75 Å². The average Bonchev–Trinajstić information content (AvgIpc) is 3.29. The molecule has 0 saturated heterocycles. The molecule has 6 nitrogen and oxygen atoms in total. The van der Waals surface area contributed by atoms with Gasteiger partial charge in [-0.25, -0.2) is 13.4 Å². The third-order valence-corrected chi connectivity index (χ3v) is 8.10. The van der Waals surface area contributed by atoms with Crippen LogP contribution in [0.15, 0.2) is 88.0 Å². The molecule has 4 rings (SSSR count). The third-order valence-electron chi connectivity index (χ3n) is 5.44. The molecule has 0 N–H and O–H groups in total. The summed E-state index contributed by atoms with van der Waals surface area (Å²) < 4.78 is 31.3. The highest BCUT2D eigenvalue weighted by atomic mass is 32.2. The maximum absolute atomic E-state index is 12.7. The van der Waals surface area contributed by atoms with E-state index in [1.807, 2.05) is 37.4 Å². The topological polar surface area (TPSA) is 76.6 Å². The zero-order valence-corrected chi connectivity index (χ0v) is 20.7. The van der Waals surface area contributed by atoms with Crippen LogP contribution in [0.3, 0.4) is 0 Å². The van der Waals surface area contributed by atoms with Gasteiger partial charge < -0.3 is 4.74 Å². The number of hydrogen-bond donors (Lipinski definition) is 0. The SMILES string of the molecule is CC(=O)N(c1nc(COc2ccc(S(=O)(=O)c3ccccc3)cc2)cs1)c1cccc(C)c1C. The van der Waals surface area contributed by atoms with Crippen molar-refractivity contribution >= 4 is 37.9 Å². The number of aromatic nitrogens is 1. The molecule has 174 valence electrons. The van der Waals surface area contributed by atoms with Gasteiger partial charge in [-0.3, -0.25) is 9.69 Å². The smallest absolute Gasteiger partial charge is 0.230 e. The van der Waals surface area contributed by atoms with E-state index in [0.717, 1.165) is 16.8 Å². The number of benzene rings is 3. The second-order valence-electron chi connectivity index (χ2n) is 7.77. The molecule has 0 atom stereocenters. The predicted octanol–water partition coefficient (Wildman–Crippen LogP) is 5.86. The first-order chi connectivity index (χ1) is 16.3. The van der Waals surface area contributed by atoms with Gasteiger partial charge in [0.05, 0.1) is 21.2 Å². The number of carbonyl (C=O) groups is 1. The van der Waals surface area contributed by atoms with Gasteiger partial charge in [0.1, 0.15) is 12.4 Å². The van der Waals surface area contributed by atoms with Gasteiger partial charge in [-0.2, -0.15) is 0 Å². The highest BCUT2D eigenvalue weighted by Crippen LogP contribution is 2.32. The third kappa shape index (κ3) is 4.88. The Bertz CT molecular complexity index is 1410. The van der Waals surface area contributed by atoms with Crippen molar-refractivity contribution in [3.63, 3.8) is 0 Å². The minimum absolute atomic E-state index is 0.120. The van der Waals surface area contributed by atoms with Crippen LogP contribution in [0.2, 0.25) is 0 Å². The van der Waals surface area contributed by atoms with E-state index in [2.05, 4.69) is 4.98 Å². The molecule has 0 spiro atoms. The van der Waals surface area contributed by atoms with Gasteiger partial charge >= 0.3 is 0 Å². The first kappa shape index (κ1) is 23.7. The molecule has 3 aromatic carbocycles. The molecule has 1 heterocycles. The van der Waals surface area contributed by atoms with E-state index >= 15 is 0 Å². The largest absolute Gasteiger partial charge is 0.487 e. The number of sulfone groups is 1. The quantitative estimate of drug-likeness (QED) is 0.323. The molecular weight excluding hydrogens is 468 g/mol. The molecule has 0 saturated carbocycles. The first-order valence-corrected chi connectivity index (χ1v) is 13.0. The van der Waals surface area contributed by atoms with Crippen LogP contribution in [0, 0.1) is 13.8 Å². The molecule has 0 aliphatic heterocycles. The van der Waals surface area contributed by atoms with E-state index in [1.54, 1.807) is 47.4 Å². The number of nitrogens with zero attached hydrogens (tertiary/aromatic N) is 2. The fourth-order valence-corrected chi connectivity index (χ4v) is 5.60. The van der Waals surface area contributed by atoms with Gasteiger partial charge in [0.15, 0.2) is 5.13 Å². The second-order valence-corrected chi connectivity index (χ2v) is 10.6. The molecule has 4 aromatic rings. The predicted molar refractivity (Wildman–Crippen MR) is 134 cm³/mol. The van der Waals surface area contributed by atoms with Gasteiger partial charge in [0.2, 0.25) is 15.7 Å². The number of thiazole rings is 1. The van der Waals surface area contributed by atoms with Crippen molar-refractivity contribution in [2.75, 3.05) is 4.90 Å². The molecule has 0 aliphatic carbocycles. The van der Waals surface area contributed by atoms with Crippen LogP contribution in [0.25, 0.3) is 0 Å². The maximum atomic E-state index is 12.7. The molecule has 1 aromatic heterocycles. The maximum Gasteiger partial charge on any atom is 0.230 e. The Labute approximate surface area is 203 Å². The molecule has 8 heteroatoms. The highest BCUT2D eigenvalue weighted by Gasteiger charge is 2.21. The monoisotopic (exact) mass is 492 g/mol. The van der Waals surface area contributed by atoms with Gasteiger partial charge in [0, 0.05) is 12.3 Å². The molecule has 1 amide bonds. The highest BCUT2D eigenvalue weighted by molar-refractivity contribution is 7.91. The Morgan fingerprint density at radius 2 is 1.62 bits per heavy atom. The van der Waals surface area contributed by atoms with Gasteiger partial charge in [-0.1, -0.05) is 30.3 Å². The lowest BCUT2D eigenvalue weighted by Gasteiger charge is -2.21. The molecular formula is C26H24N2O4S2. The summed E-state index contributed by atoms with van der Waals surface area (Å²) in [6.07, 6.45) is 0. The van der Waals surface area contributed by atoms with Crippen LogP contribution in [0.4, 0.5) is 10.8 Å². The summed E-state index contributed by atoms with van der Waals surface area (Å²) in [4.78, 5) is 19.1. The van der Waals surface area contributed by atoms with Crippen molar-refractivity contribution in [1.29, 1.82) is 0 Å². The minimum Gasteiger partial charge on any atom is -0.487 e. The number of anilines is 2. The van der Waals surface area contributed by atoms with Crippen LogP contribution in [-0.4, -0.2) is 19.3 Å². The van der Waals surface area contributed by atoms with E-state index in [4.69, 9.17) is 4.74 Å². The van der Waals surface area contributed by atoms with E-state index in [-0.39, 0.29) is 22.3 Å².